The van der Waals surface area contributed by atoms with Gasteiger partial charge in [-0.05, 0) is 0 Å². The van der Waals surface area contributed by atoms with Crippen molar-refractivity contribution in [2.75, 3.05) is 0 Å². The number of hydrogen-bond acceptors (Lipinski definition) is 1. The summed E-state index contributed by atoms with van der Waals surface area (Å²) < 4.78 is 10.7. The predicted molar refractivity (Wildman–Crippen MR) is 116 cm³/mol. The third-order valence-corrected chi connectivity index (χ3v) is 9.38. The van der Waals surface area contributed by atoms with Crippen molar-refractivity contribution >= 4 is 17.7 Å². The monoisotopic (exact) mass is 406 g/mol. The average Bonchev–Trinajstić information content (AvgIpc) is 2.67. The first-order valence-corrected chi connectivity index (χ1v) is 16.7. The Kier molecular flexibility index (Phi) is 5.26. The molecule has 26 heavy (non-hydrogen) atoms. The Morgan fingerprint density at radius 1 is 0.885 bits per heavy atom. The van der Waals surface area contributed by atoms with E-state index in [4.69, 9.17) is 4.98 Å². The molecule has 0 fully saturated rings. The Bertz CT molecular complexity index is 899. The topological polar surface area (TPSA) is 12.9 Å². The van der Waals surface area contributed by atoms with Crippen molar-refractivity contribution in [1.29, 1.82) is 0 Å². The van der Waals surface area contributed by atoms with E-state index in [2.05, 4.69) is 79.8 Å². The SMILES string of the molecule is [2H]C(C)(c1cc(-c2ccccc2)nc[c]1[Ge]([CH3])([CH3])[CH3])C(C)c1ccccc1. The molecular formula is C24H29GeN. The molecule has 0 saturated heterocycles. The van der Waals surface area contributed by atoms with Gasteiger partial charge < -0.3 is 0 Å². The van der Waals surface area contributed by atoms with E-state index < -0.39 is 19.2 Å². The van der Waals surface area contributed by atoms with Crippen molar-refractivity contribution in [3.05, 3.63) is 84.1 Å². The van der Waals surface area contributed by atoms with Gasteiger partial charge in [0.25, 0.3) is 0 Å². The Hall–Kier alpha value is -1.87. The second kappa shape index (κ2) is 7.79. The maximum absolute atomic E-state index is 9.39. The molecule has 0 saturated carbocycles. The van der Waals surface area contributed by atoms with Gasteiger partial charge in [-0.25, -0.2) is 0 Å². The third-order valence-electron chi connectivity index (χ3n) is 5.16. The van der Waals surface area contributed by atoms with E-state index in [0.717, 1.165) is 16.8 Å². The van der Waals surface area contributed by atoms with Gasteiger partial charge in [0.15, 0.2) is 0 Å². The molecule has 2 heteroatoms. The molecule has 3 rings (SSSR count). The Morgan fingerprint density at radius 3 is 2.04 bits per heavy atom. The summed E-state index contributed by atoms with van der Waals surface area (Å²) in [6, 6.07) is 22.9. The van der Waals surface area contributed by atoms with Crippen LogP contribution in [-0.4, -0.2) is 18.3 Å². The summed E-state index contributed by atoms with van der Waals surface area (Å²) in [5, 5.41) is 0. The van der Waals surface area contributed by atoms with E-state index in [-0.39, 0.29) is 5.92 Å². The van der Waals surface area contributed by atoms with E-state index in [1.54, 1.807) is 0 Å². The molecule has 0 aliphatic rings. The van der Waals surface area contributed by atoms with Crippen LogP contribution in [0.1, 0.15) is 38.2 Å². The van der Waals surface area contributed by atoms with E-state index in [0.29, 0.717) is 0 Å². The number of pyridine rings is 1. The first-order valence-electron chi connectivity index (χ1n) is 9.82. The number of hydrogen-bond donors (Lipinski definition) is 0. The van der Waals surface area contributed by atoms with E-state index >= 15 is 0 Å². The van der Waals surface area contributed by atoms with Gasteiger partial charge >= 0.3 is 162 Å². The van der Waals surface area contributed by atoms with Crippen LogP contribution in [0.3, 0.4) is 0 Å². The molecule has 0 spiro atoms. The zero-order valence-corrected chi connectivity index (χ0v) is 18.6. The molecule has 0 aliphatic heterocycles. The van der Waals surface area contributed by atoms with Gasteiger partial charge in [-0.3, -0.25) is 0 Å². The van der Waals surface area contributed by atoms with E-state index in [1.807, 2.05) is 24.3 Å². The molecule has 134 valence electrons. The molecule has 0 aliphatic carbocycles. The zero-order chi connectivity index (χ0) is 19.7. The van der Waals surface area contributed by atoms with Crippen LogP contribution in [-0.2, 0) is 0 Å². The van der Waals surface area contributed by atoms with Crippen molar-refractivity contribution in [3.8, 4) is 11.3 Å². The standard InChI is InChI=1S/C24H29GeN/c1-18(20-12-8-6-9-13-20)19(2)22-16-24(21-14-10-7-11-15-21)26-17-23(22)25(3,4)5/h6-19H,1-5H3/i19D. The quantitative estimate of drug-likeness (QED) is 0.461. The average molecular weight is 405 g/mol. The fourth-order valence-corrected chi connectivity index (χ4v) is 6.58. The Labute approximate surface area is 162 Å². The van der Waals surface area contributed by atoms with Crippen molar-refractivity contribution in [3.63, 3.8) is 0 Å². The van der Waals surface area contributed by atoms with Crippen LogP contribution >= 0.6 is 0 Å². The maximum atomic E-state index is 9.39. The molecule has 3 aromatic rings. The van der Waals surface area contributed by atoms with Gasteiger partial charge in [0.05, 0.1) is 0 Å². The summed E-state index contributed by atoms with van der Waals surface area (Å²) >= 11 is -2.19. The second-order valence-electron chi connectivity index (χ2n) is 8.05. The molecule has 2 aromatic carbocycles. The van der Waals surface area contributed by atoms with Crippen LogP contribution in [0.2, 0.25) is 17.3 Å². The second-order valence-corrected chi connectivity index (χ2v) is 18.6. The molecule has 0 N–H and O–H groups in total. The van der Waals surface area contributed by atoms with Crippen LogP contribution in [0.15, 0.2) is 72.9 Å². The minimum absolute atomic E-state index is 0.0909. The summed E-state index contributed by atoms with van der Waals surface area (Å²) in [5.41, 5.74) is 4.41. The van der Waals surface area contributed by atoms with Crippen LogP contribution in [0.5, 0.6) is 0 Å². The number of nitrogens with zero attached hydrogens (tertiary/aromatic N) is 1. The number of benzene rings is 2. The predicted octanol–water partition coefficient (Wildman–Crippen LogP) is 6.20. The van der Waals surface area contributed by atoms with Crippen LogP contribution in [0.25, 0.3) is 11.3 Å². The Balaban J connectivity index is 2.16. The zero-order valence-electron chi connectivity index (χ0n) is 17.5. The number of aromatic nitrogens is 1. The summed E-state index contributed by atoms with van der Waals surface area (Å²) in [4.78, 5) is 4.79. The first-order chi connectivity index (χ1) is 12.7. The molecule has 0 bridgehead atoms. The van der Waals surface area contributed by atoms with Crippen molar-refractivity contribution in [2.24, 2.45) is 0 Å². The Morgan fingerprint density at radius 2 is 1.46 bits per heavy atom. The third kappa shape index (κ3) is 4.09. The van der Waals surface area contributed by atoms with Gasteiger partial charge in [-0.15, -0.1) is 0 Å². The first kappa shape index (κ1) is 17.5. The van der Waals surface area contributed by atoms with Gasteiger partial charge in [0, 0.05) is 0 Å². The normalized spacial score (nSPS) is 15.8. The van der Waals surface area contributed by atoms with Gasteiger partial charge in [-0.1, -0.05) is 0 Å². The minimum atomic E-state index is -2.19. The molecule has 0 amide bonds. The van der Waals surface area contributed by atoms with Gasteiger partial charge in [-0.2, -0.15) is 0 Å². The summed E-state index contributed by atoms with van der Waals surface area (Å²) in [7, 11) is 0. The molecule has 1 nitrogen and oxygen atoms in total. The molecule has 2 atom stereocenters. The molecule has 1 heterocycles. The molecule has 1 aromatic heterocycles. The number of rotatable bonds is 5. The van der Waals surface area contributed by atoms with Crippen LogP contribution in [0.4, 0.5) is 0 Å². The van der Waals surface area contributed by atoms with Crippen molar-refractivity contribution in [1.82, 2.24) is 4.98 Å². The van der Waals surface area contributed by atoms with E-state index in [1.165, 1.54) is 9.96 Å². The summed E-state index contributed by atoms with van der Waals surface area (Å²) in [6.45, 7) is 4.23. The van der Waals surface area contributed by atoms with Gasteiger partial charge in [0.1, 0.15) is 0 Å². The van der Waals surface area contributed by atoms with Crippen LogP contribution in [0, 0.1) is 0 Å². The van der Waals surface area contributed by atoms with Gasteiger partial charge in [0.2, 0.25) is 0 Å². The molecular weight excluding hydrogens is 375 g/mol. The van der Waals surface area contributed by atoms with Crippen LogP contribution < -0.4 is 4.40 Å². The fraction of sp³-hybridized carbons (Fsp3) is 0.292. The van der Waals surface area contributed by atoms with Crippen molar-refractivity contribution in [2.45, 2.75) is 42.9 Å². The fourth-order valence-electron chi connectivity index (χ4n) is 3.37. The molecule has 2 unspecified atom stereocenters. The summed E-state index contributed by atoms with van der Waals surface area (Å²) in [6.07, 6.45) is 2.06. The van der Waals surface area contributed by atoms with Crippen molar-refractivity contribution < 1.29 is 1.37 Å². The summed E-state index contributed by atoms with van der Waals surface area (Å²) in [5.74, 6) is 6.51. The van der Waals surface area contributed by atoms with E-state index in [9.17, 15) is 1.37 Å². The molecule has 0 radical (unpaired) electrons.